The molecule has 37 heavy (non-hydrogen) atoms. The van der Waals surface area contributed by atoms with Crippen molar-refractivity contribution in [3.63, 3.8) is 0 Å². The highest BCUT2D eigenvalue weighted by molar-refractivity contribution is 8.25. The number of ether oxygens (including phenoxy) is 1. The van der Waals surface area contributed by atoms with Crippen molar-refractivity contribution in [2.24, 2.45) is 0 Å². The van der Waals surface area contributed by atoms with Gasteiger partial charge in [0.25, 0.3) is 0 Å². The lowest BCUT2D eigenvalue weighted by molar-refractivity contribution is 0.488. The van der Waals surface area contributed by atoms with Crippen LogP contribution in [0.1, 0.15) is 0 Å². The molecule has 0 aromatic heterocycles. The first-order valence-corrected chi connectivity index (χ1v) is 18.4. The summed E-state index contributed by atoms with van der Waals surface area (Å²) in [6, 6.07) is 41.0. The molecule has 2 aliphatic heterocycles. The quantitative estimate of drug-likeness (QED) is 0.196. The molecule has 2 heterocycles. The number of hydrogen-bond donors (Lipinski definition) is 0. The van der Waals surface area contributed by atoms with E-state index in [1.54, 1.807) is 0 Å². The number of anilines is 3. The summed E-state index contributed by atoms with van der Waals surface area (Å²) < 4.78 is 6.59. The van der Waals surface area contributed by atoms with E-state index in [0.717, 1.165) is 27.8 Å². The van der Waals surface area contributed by atoms with Gasteiger partial charge in [-0.25, -0.2) is 0 Å². The van der Waals surface area contributed by atoms with E-state index in [4.69, 9.17) is 16.5 Å². The summed E-state index contributed by atoms with van der Waals surface area (Å²) in [5.74, 6) is 1.73. The Balaban J connectivity index is 1.46. The van der Waals surface area contributed by atoms with Gasteiger partial charge in [0.1, 0.15) is 19.6 Å². The molecule has 0 amide bonds. The van der Waals surface area contributed by atoms with Gasteiger partial charge in [-0.15, -0.1) is 0 Å². The van der Waals surface area contributed by atoms with Crippen LogP contribution in [-0.4, -0.2) is 8.07 Å². The van der Waals surface area contributed by atoms with Gasteiger partial charge in [0.05, 0.1) is 0 Å². The van der Waals surface area contributed by atoms with E-state index >= 15 is 0 Å². The molecule has 2 aliphatic rings. The maximum atomic E-state index is 6.61. The zero-order valence-corrected chi connectivity index (χ0v) is 23.5. The lowest BCUT2D eigenvalue weighted by atomic mass is 10.1. The van der Waals surface area contributed by atoms with Gasteiger partial charge in [-0.05, 0) is 52.1 Å². The fourth-order valence-corrected chi connectivity index (χ4v) is 13.0. The van der Waals surface area contributed by atoms with Crippen molar-refractivity contribution >= 4 is 69.3 Å². The van der Waals surface area contributed by atoms with E-state index < -0.39 is 14.1 Å². The third-order valence-corrected chi connectivity index (χ3v) is 16.2. The van der Waals surface area contributed by atoms with E-state index in [9.17, 15) is 0 Å². The van der Waals surface area contributed by atoms with Crippen molar-refractivity contribution in [3.8, 4) is 11.5 Å². The van der Waals surface area contributed by atoms with E-state index in [1.165, 1.54) is 27.1 Å². The van der Waals surface area contributed by atoms with Crippen molar-refractivity contribution in [2.75, 3.05) is 4.90 Å². The molecule has 0 spiro atoms. The Morgan fingerprint density at radius 2 is 1.19 bits per heavy atom. The number of benzene rings is 5. The average Bonchev–Trinajstić information content (AvgIpc) is 2.94. The molecule has 5 heteroatoms. The maximum absolute atomic E-state index is 6.61. The summed E-state index contributed by atoms with van der Waals surface area (Å²) in [7, 11) is -1.83. The first-order valence-electron chi connectivity index (χ1n) is 12.6. The highest BCUT2D eigenvalue weighted by Gasteiger charge is 2.39. The SMILES string of the molecule is C[Si]1(C)c2ccccc2N(c2ccc3c(c2)Oc2ccccc2P3(=S)c2ccccc2)c2ccccc21. The number of para-hydroxylation sites is 3. The Morgan fingerprint density at radius 3 is 1.89 bits per heavy atom. The Kier molecular flexibility index (Phi) is 5.10. The summed E-state index contributed by atoms with van der Waals surface area (Å²) >= 11 is 6.61. The molecule has 180 valence electrons. The summed E-state index contributed by atoms with van der Waals surface area (Å²) in [4.78, 5) is 2.40. The van der Waals surface area contributed by atoms with Gasteiger partial charge in [-0.2, -0.15) is 0 Å². The maximum Gasteiger partial charge on any atom is 0.138 e. The molecular formula is C32H26NOPSSi. The first kappa shape index (κ1) is 22.7. The van der Waals surface area contributed by atoms with Crippen LogP contribution >= 0.6 is 6.04 Å². The summed E-state index contributed by atoms with van der Waals surface area (Å²) in [6.07, 6.45) is 0. The lowest BCUT2D eigenvalue weighted by Gasteiger charge is -2.41. The van der Waals surface area contributed by atoms with E-state index in [-0.39, 0.29) is 0 Å². The first-order chi connectivity index (χ1) is 18.0. The van der Waals surface area contributed by atoms with E-state index in [1.807, 2.05) is 6.07 Å². The zero-order chi connectivity index (χ0) is 25.2. The smallest absolute Gasteiger partial charge is 0.138 e. The molecule has 5 aromatic carbocycles. The lowest BCUT2D eigenvalue weighted by Crippen LogP contribution is -2.58. The number of fused-ring (bicyclic) bond motifs is 4. The minimum absolute atomic E-state index is 0.862. The van der Waals surface area contributed by atoms with Gasteiger partial charge < -0.3 is 9.64 Å². The Labute approximate surface area is 224 Å². The molecule has 1 atom stereocenters. The molecule has 0 radical (unpaired) electrons. The minimum Gasteiger partial charge on any atom is -0.456 e. The van der Waals surface area contributed by atoms with Crippen LogP contribution in [0.3, 0.4) is 0 Å². The largest absolute Gasteiger partial charge is 0.456 e. The molecule has 5 aromatic rings. The Morgan fingerprint density at radius 1 is 0.622 bits per heavy atom. The molecule has 0 saturated carbocycles. The van der Waals surface area contributed by atoms with E-state index in [2.05, 4.69) is 133 Å². The highest BCUT2D eigenvalue weighted by atomic mass is 32.4. The molecule has 0 bridgehead atoms. The van der Waals surface area contributed by atoms with Crippen LogP contribution in [0.15, 0.2) is 121 Å². The van der Waals surface area contributed by atoms with Crippen LogP contribution in [-0.2, 0) is 11.8 Å². The second-order valence-electron chi connectivity index (χ2n) is 10.2. The van der Waals surface area contributed by atoms with Gasteiger partial charge in [-0.3, -0.25) is 0 Å². The number of nitrogens with zero attached hydrogens (tertiary/aromatic N) is 1. The normalized spacial score (nSPS) is 18.6. The van der Waals surface area contributed by atoms with Crippen LogP contribution in [0.5, 0.6) is 11.5 Å². The molecule has 1 unspecified atom stereocenters. The molecule has 0 saturated heterocycles. The van der Waals surface area contributed by atoms with Crippen LogP contribution in [0.25, 0.3) is 0 Å². The van der Waals surface area contributed by atoms with Crippen molar-refractivity contribution in [1.29, 1.82) is 0 Å². The van der Waals surface area contributed by atoms with Gasteiger partial charge in [-0.1, -0.05) is 104 Å². The van der Waals surface area contributed by atoms with Crippen molar-refractivity contribution < 1.29 is 4.74 Å². The Hall–Kier alpha value is -3.43. The fourth-order valence-electron chi connectivity index (χ4n) is 5.90. The predicted octanol–water partition coefficient (Wildman–Crippen LogP) is 6.15. The van der Waals surface area contributed by atoms with Crippen molar-refractivity contribution in [3.05, 3.63) is 121 Å². The Bertz CT molecular complexity index is 1680. The molecule has 0 N–H and O–H groups in total. The van der Waals surface area contributed by atoms with Crippen LogP contribution in [0.2, 0.25) is 13.1 Å². The van der Waals surface area contributed by atoms with Crippen LogP contribution in [0, 0.1) is 0 Å². The van der Waals surface area contributed by atoms with Crippen LogP contribution in [0.4, 0.5) is 17.1 Å². The van der Waals surface area contributed by atoms with Gasteiger partial charge >= 0.3 is 0 Å². The third-order valence-electron chi connectivity index (χ3n) is 7.72. The standard InChI is InChI=1S/C32H26NOPSSi/c1-37(2)31-18-10-6-14-25(31)33(26-15-7-11-19-32(26)37)23-20-21-30-28(22-23)34-27-16-8-9-17-29(27)35(30,36)24-12-4-3-5-13-24/h3-22H,1-2H3. The summed E-state index contributed by atoms with van der Waals surface area (Å²) in [6.45, 7) is 4.90. The summed E-state index contributed by atoms with van der Waals surface area (Å²) in [5, 5.41) is 6.33. The van der Waals surface area contributed by atoms with Gasteiger partial charge in [0.15, 0.2) is 0 Å². The summed E-state index contributed by atoms with van der Waals surface area (Å²) in [5.41, 5.74) is 3.62. The van der Waals surface area contributed by atoms with E-state index in [0.29, 0.717) is 0 Å². The van der Waals surface area contributed by atoms with Crippen LogP contribution < -0.4 is 35.9 Å². The molecule has 0 aliphatic carbocycles. The average molecular weight is 532 g/mol. The number of rotatable bonds is 2. The molecule has 0 fully saturated rings. The minimum atomic E-state index is -2.26. The predicted molar refractivity (Wildman–Crippen MR) is 164 cm³/mol. The molecule has 7 rings (SSSR count). The van der Waals surface area contributed by atoms with Crippen molar-refractivity contribution in [1.82, 2.24) is 0 Å². The molecular weight excluding hydrogens is 505 g/mol. The second-order valence-corrected chi connectivity index (χ2v) is 18.8. The highest BCUT2D eigenvalue weighted by Crippen LogP contribution is 2.53. The topological polar surface area (TPSA) is 12.5 Å². The van der Waals surface area contributed by atoms with Crippen molar-refractivity contribution in [2.45, 2.75) is 13.1 Å². The van der Waals surface area contributed by atoms with Gasteiger partial charge in [0.2, 0.25) is 0 Å². The monoisotopic (exact) mass is 531 g/mol. The fraction of sp³-hybridized carbons (Fsp3) is 0.0625. The number of hydrogen-bond acceptors (Lipinski definition) is 3. The second kappa shape index (κ2) is 8.29. The molecule has 2 nitrogen and oxygen atoms in total. The zero-order valence-electron chi connectivity index (χ0n) is 20.8. The third kappa shape index (κ3) is 3.26. The van der Waals surface area contributed by atoms with Gasteiger partial charge in [0, 0.05) is 39.8 Å².